The molecule has 0 spiro atoms. The molecule has 2 N–H and O–H groups in total. The van der Waals surface area contributed by atoms with Gasteiger partial charge in [0.1, 0.15) is 0 Å². The molecule has 0 aromatic rings. The zero-order chi connectivity index (χ0) is 15.0. The molecule has 2 atom stereocenters. The molecule has 1 aliphatic heterocycles. The summed E-state index contributed by atoms with van der Waals surface area (Å²) in [5.74, 6) is 0. The van der Waals surface area contributed by atoms with E-state index >= 15 is 0 Å². The smallest absolute Gasteiger partial charge is 0.324 e. The molecule has 2 amide bonds. The van der Waals surface area contributed by atoms with Gasteiger partial charge in [-0.15, -0.1) is 0 Å². The molecule has 1 heterocycles. The van der Waals surface area contributed by atoms with Crippen LogP contribution < -0.4 is 0 Å². The van der Waals surface area contributed by atoms with E-state index < -0.39 is 12.5 Å². The molecule has 0 radical (unpaired) electrons. The second-order valence-corrected chi connectivity index (χ2v) is 4.73. The highest BCUT2D eigenvalue weighted by molar-refractivity contribution is 5.77. The van der Waals surface area contributed by atoms with Gasteiger partial charge in [-0.05, 0) is 25.7 Å². The summed E-state index contributed by atoms with van der Waals surface area (Å²) in [6.45, 7) is 0.654. The quantitative estimate of drug-likeness (QED) is 0.637. The Labute approximate surface area is 118 Å². The Morgan fingerprint density at radius 3 is 1.65 bits per heavy atom. The van der Waals surface area contributed by atoms with E-state index in [0.717, 1.165) is 0 Å². The molecule has 0 aliphatic carbocycles. The van der Waals surface area contributed by atoms with Gasteiger partial charge in [-0.3, -0.25) is 9.80 Å². The van der Waals surface area contributed by atoms with E-state index in [9.17, 15) is 15.0 Å². The third kappa shape index (κ3) is 4.09. The predicted octanol–water partition coefficient (Wildman–Crippen LogP) is 0.749. The molecule has 2 unspecified atom stereocenters. The average molecular weight is 280 g/mol. The normalized spacial score (nSPS) is 21.9. The topological polar surface area (TPSA) is 112 Å². The molecule has 0 aromatic carbocycles. The van der Waals surface area contributed by atoms with Crippen LogP contribution in [-0.2, 0) is 0 Å². The Balaban J connectivity index is 2.44. The van der Waals surface area contributed by atoms with Gasteiger partial charge in [0, 0.05) is 25.9 Å². The fourth-order valence-electron chi connectivity index (χ4n) is 2.14. The average Bonchev–Trinajstić information content (AvgIpc) is 2.64. The van der Waals surface area contributed by atoms with E-state index in [-0.39, 0.29) is 6.03 Å². The highest BCUT2D eigenvalue weighted by Crippen LogP contribution is 2.21. The minimum absolute atomic E-state index is 0.327. The Kier molecular flexibility index (Phi) is 6.78. The maximum Gasteiger partial charge on any atom is 0.324 e. The molecule has 1 fully saturated rings. The van der Waals surface area contributed by atoms with E-state index in [1.54, 1.807) is 0 Å². The van der Waals surface area contributed by atoms with Gasteiger partial charge in [-0.2, -0.15) is 10.5 Å². The first kappa shape index (κ1) is 16.2. The third-order valence-electron chi connectivity index (χ3n) is 3.27. The molecule has 0 aromatic heterocycles. The van der Waals surface area contributed by atoms with Crippen LogP contribution in [0.25, 0.3) is 0 Å². The van der Waals surface area contributed by atoms with E-state index in [0.29, 0.717) is 51.6 Å². The minimum atomic E-state index is -1.22. The number of carbonyl (C=O) groups excluding carboxylic acids is 1. The first-order valence-corrected chi connectivity index (χ1v) is 6.80. The Morgan fingerprint density at radius 2 is 1.30 bits per heavy atom. The second kappa shape index (κ2) is 8.36. The number of hydrogen-bond donors (Lipinski definition) is 2. The maximum atomic E-state index is 12.1. The Hall–Kier alpha value is -1.83. The van der Waals surface area contributed by atoms with Crippen LogP contribution in [0.15, 0.2) is 0 Å². The van der Waals surface area contributed by atoms with Crippen molar-refractivity contribution in [3.8, 4) is 12.1 Å². The second-order valence-electron chi connectivity index (χ2n) is 4.73. The van der Waals surface area contributed by atoms with Crippen LogP contribution in [0.5, 0.6) is 0 Å². The van der Waals surface area contributed by atoms with E-state index in [2.05, 4.69) is 0 Å². The van der Waals surface area contributed by atoms with Crippen molar-refractivity contribution >= 4 is 6.03 Å². The Bertz CT molecular complexity index is 365. The molecule has 0 bridgehead atoms. The molecule has 20 heavy (non-hydrogen) atoms. The number of amides is 2. The number of rotatable bonds is 8. The van der Waals surface area contributed by atoms with E-state index in [1.165, 1.54) is 9.80 Å². The van der Waals surface area contributed by atoms with Crippen molar-refractivity contribution in [3.63, 3.8) is 0 Å². The van der Waals surface area contributed by atoms with Crippen LogP contribution in [0.4, 0.5) is 4.79 Å². The lowest BCUT2D eigenvalue weighted by Gasteiger charge is -2.18. The van der Waals surface area contributed by atoms with Gasteiger partial charge in [-0.1, -0.05) is 0 Å². The van der Waals surface area contributed by atoms with Crippen molar-refractivity contribution in [2.24, 2.45) is 0 Å². The standard InChI is InChI=1S/C13H20N4O3/c14-7-3-1-5-9-16-11(18)12(19)17(13(16)20)10-6-2-4-8-15/h11-12,18-19H,1-6,9-10H2. The summed E-state index contributed by atoms with van der Waals surface area (Å²) in [6, 6.07) is 3.65. The van der Waals surface area contributed by atoms with Crippen LogP contribution in [-0.4, -0.2) is 51.6 Å². The zero-order valence-corrected chi connectivity index (χ0v) is 11.4. The number of urea groups is 1. The fraction of sp³-hybridized carbons (Fsp3) is 0.769. The number of nitriles is 2. The van der Waals surface area contributed by atoms with Crippen LogP contribution in [0.1, 0.15) is 38.5 Å². The number of carbonyl (C=O) groups is 1. The third-order valence-corrected chi connectivity index (χ3v) is 3.27. The van der Waals surface area contributed by atoms with Gasteiger partial charge < -0.3 is 10.2 Å². The summed E-state index contributed by atoms with van der Waals surface area (Å²) in [7, 11) is 0. The maximum absolute atomic E-state index is 12.1. The highest BCUT2D eigenvalue weighted by atomic mass is 16.4. The van der Waals surface area contributed by atoms with Crippen molar-refractivity contribution in [2.45, 2.75) is 51.0 Å². The van der Waals surface area contributed by atoms with Gasteiger partial charge >= 0.3 is 6.03 Å². The number of nitrogens with zero attached hydrogens (tertiary/aromatic N) is 4. The van der Waals surface area contributed by atoms with Crippen LogP contribution in [0.2, 0.25) is 0 Å². The van der Waals surface area contributed by atoms with Crippen molar-refractivity contribution in [2.75, 3.05) is 13.1 Å². The van der Waals surface area contributed by atoms with E-state index in [4.69, 9.17) is 10.5 Å². The minimum Gasteiger partial charge on any atom is -0.369 e. The summed E-state index contributed by atoms with van der Waals surface area (Å²) in [4.78, 5) is 14.5. The summed E-state index contributed by atoms with van der Waals surface area (Å²) >= 11 is 0. The van der Waals surface area contributed by atoms with Crippen LogP contribution >= 0.6 is 0 Å². The SMILES string of the molecule is N#CCCCCN1C(=O)N(CCCCC#N)C(O)C1O. The first-order chi connectivity index (χ1) is 9.63. The van der Waals surface area contributed by atoms with Gasteiger partial charge in [-0.25, -0.2) is 4.79 Å². The number of aliphatic hydroxyl groups is 2. The van der Waals surface area contributed by atoms with E-state index in [1.807, 2.05) is 12.1 Å². The molecule has 1 aliphatic rings. The molecular formula is C13H20N4O3. The molecule has 7 heteroatoms. The first-order valence-electron chi connectivity index (χ1n) is 6.80. The number of hydrogen-bond acceptors (Lipinski definition) is 5. The predicted molar refractivity (Wildman–Crippen MR) is 69.7 cm³/mol. The van der Waals surface area contributed by atoms with Crippen molar-refractivity contribution in [1.82, 2.24) is 9.80 Å². The number of aliphatic hydroxyl groups excluding tert-OH is 2. The van der Waals surface area contributed by atoms with Gasteiger partial charge in [0.2, 0.25) is 0 Å². The molecule has 1 rings (SSSR count). The lowest BCUT2D eigenvalue weighted by molar-refractivity contribution is -0.0664. The van der Waals surface area contributed by atoms with Crippen molar-refractivity contribution in [3.05, 3.63) is 0 Å². The Morgan fingerprint density at radius 1 is 0.900 bits per heavy atom. The molecular weight excluding hydrogens is 260 g/mol. The van der Waals surface area contributed by atoms with Crippen LogP contribution in [0, 0.1) is 22.7 Å². The molecule has 1 saturated heterocycles. The van der Waals surface area contributed by atoms with Crippen molar-refractivity contribution in [1.29, 1.82) is 10.5 Å². The summed E-state index contributed by atoms with van der Waals surface area (Å²) in [5.41, 5.74) is 0. The lowest BCUT2D eigenvalue weighted by atomic mass is 10.2. The zero-order valence-electron chi connectivity index (χ0n) is 11.4. The number of unbranched alkanes of at least 4 members (excludes halogenated alkanes) is 4. The monoisotopic (exact) mass is 280 g/mol. The fourth-order valence-corrected chi connectivity index (χ4v) is 2.14. The molecule has 0 saturated carbocycles. The largest absolute Gasteiger partial charge is 0.369 e. The van der Waals surface area contributed by atoms with Crippen molar-refractivity contribution < 1.29 is 15.0 Å². The van der Waals surface area contributed by atoms with Crippen LogP contribution in [0.3, 0.4) is 0 Å². The summed E-state index contributed by atoms with van der Waals surface area (Å²) in [5, 5.41) is 36.6. The van der Waals surface area contributed by atoms with Gasteiger partial charge in [0.25, 0.3) is 0 Å². The van der Waals surface area contributed by atoms with Gasteiger partial charge in [0.05, 0.1) is 12.1 Å². The molecule has 7 nitrogen and oxygen atoms in total. The molecule has 110 valence electrons. The summed E-state index contributed by atoms with van der Waals surface area (Å²) < 4.78 is 0. The lowest BCUT2D eigenvalue weighted by Crippen LogP contribution is -2.37. The summed E-state index contributed by atoms with van der Waals surface area (Å²) in [6.07, 6.45) is 0.936. The van der Waals surface area contributed by atoms with Gasteiger partial charge in [0.15, 0.2) is 12.5 Å². The highest BCUT2D eigenvalue weighted by Gasteiger charge is 2.43.